The molecule has 1 atom stereocenters. The molecule has 4 nitrogen and oxygen atoms in total. The van der Waals surface area contributed by atoms with Gasteiger partial charge in [-0.2, -0.15) is 0 Å². The van der Waals surface area contributed by atoms with Crippen molar-refractivity contribution in [3.63, 3.8) is 0 Å². The average molecular weight is 327 g/mol. The summed E-state index contributed by atoms with van der Waals surface area (Å²) in [4.78, 5) is 4.48. The Morgan fingerprint density at radius 1 is 1.04 bits per heavy atom. The van der Waals surface area contributed by atoms with Crippen LogP contribution in [-0.4, -0.2) is 21.7 Å². The van der Waals surface area contributed by atoms with E-state index in [1.807, 2.05) is 30.3 Å². The minimum Gasteiger partial charge on any atom is -0.504 e. The molecule has 3 N–H and O–H groups in total. The monoisotopic (exact) mass is 326 g/mol. The van der Waals surface area contributed by atoms with Gasteiger partial charge in [-0.3, -0.25) is 0 Å². The fourth-order valence-electron chi connectivity index (χ4n) is 3.17. The van der Waals surface area contributed by atoms with Crippen LogP contribution in [0.25, 0.3) is 10.9 Å². The van der Waals surface area contributed by atoms with Gasteiger partial charge in [-0.25, -0.2) is 4.98 Å². The fourth-order valence-corrected chi connectivity index (χ4v) is 3.43. The highest BCUT2D eigenvalue weighted by molar-refractivity contribution is 6.30. The van der Waals surface area contributed by atoms with Gasteiger partial charge in [-0.1, -0.05) is 29.8 Å². The SMILES string of the molecule is Oc1cc2c(cc1O)C(c1cc3ccccc3nc1Cl)NCC2. The van der Waals surface area contributed by atoms with Crippen LogP contribution < -0.4 is 5.32 Å². The minimum atomic E-state index is -0.158. The topological polar surface area (TPSA) is 65.4 Å². The van der Waals surface area contributed by atoms with E-state index < -0.39 is 0 Å². The van der Waals surface area contributed by atoms with Gasteiger partial charge >= 0.3 is 0 Å². The van der Waals surface area contributed by atoms with Gasteiger partial charge in [-0.05, 0) is 41.8 Å². The lowest BCUT2D eigenvalue weighted by molar-refractivity contribution is 0.400. The van der Waals surface area contributed by atoms with Gasteiger partial charge in [0.25, 0.3) is 0 Å². The Morgan fingerprint density at radius 2 is 1.83 bits per heavy atom. The lowest BCUT2D eigenvalue weighted by Gasteiger charge is -2.28. The average Bonchev–Trinajstić information content (AvgIpc) is 2.55. The molecule has 0 radical (unpaired) electrons. The number of nitrogens with zero attached hydrogens (tertiary/aromatic N) is 1. The summed E-state index contributed by atoms with van der Waals surface area (Å²) in [5.41, 5.74) is 3.65. The Balaban J connectivity index is 1.89. The highest BCUT2D eigenvalue weighted by atomic mass is 35.5. The first-order valence-electron chi connectivity index (χ1n) is 7.47. The summed E-state index contributed by atoms with van der Waals surface area (Å²) in [5.74, 6) is -0.213. The Hall–Kier alpha value is -2.30. The predicted octanol–water partition coefficient (Wildman–Crippen LogP) is 3.53. The molecule has 1 unspecified atom stereocenters. The van der Waals surface area contributed by atoms with Gasteiger partial charge < -0.3 is 15.5 Å². The Kier molecular flexibility index (Phi) is 3.36. The number of phenolic OH excluding ortho intramolecular Hbond substituents is 2. The van der Waals surface area contributed by atoms with E-state index >= 15 is 0 Å². The highest BCUT2D eigenvalue weighted by Gasteiger charge is 2.25. The molecule has 1 aliphatic rings. The molecule has 0 spiro atoms. The number of nitrogens with one attached hydrogen (secondary N) is 1. The van der Waals surface area contributed by atoms with Gasteiger partial charge in [0.2, 0.25) is 0 Å². The van der Waals surface area contributed by atoms with Gasteiger partial charge in [0.05, 0.1) is 11.6 Å². The van der Waals surface area contributed by atoms with Crippen molar-refractivity contribution in [1.82, 2.24) is 10.3 Å². The molecule has 23 heavy (non-hydrogen) atoms. The van der Waals surface area contributed by atoms with Crippen molar-refractivity contribution in [2.75, 3.05) is 6.54 Å². The van der Waals surface area contributed by atoms with Crippen molar-refractivity contribution in [3.05, 3.63) is 64.3 Å². The van der Waals surface area contributed by atoms with E-state index in [9.17, 15) is 10.2 Å². The van der Waals surface area contributed by atoms with E-state index in [1.54, 1.807) is 12.1 Å². The summed E-state index contributed by atoms with van der Waals surface area (Å²) < 4.78 is 0. The largest absolute Gasteiger partial charge is 0.504 e. The van der Waals surface area contributed by atoms with Crippen LogP contribution in [0, 0.1) is 0 Å². The molecule has 2 aromatic carbocycles. The number of rotatable bonds is 1. The number of fused-ring (bicyclic) bond motifs is 2. The highest BCUT2D eigenvalue weighted by Crippen LogP contribution is 2.38. The van der Waals surface area contributed by atoms with E-state index in [1.165, 1.54) is 0 Å². The lowest BCUT2D eigenvalue weighted by atomic mass is 9.89. The molecule has 3 aromatic rings. The normalized spacial score (nSPS) is 17.2. The number of aromatic hydroxyl groups is 2. The standard InChI is InChI=1S/C18H15ClN2O2/c19-18-13(7-11-3-1-2-4-14(11)21-18)17-12-9-16(23)15(22)8-10(12)5-6-20-17/h1-4,7-9,17,20,22-23H,5-6H2. The van der Waals surface area contributed by atoms with Gasteiger partial charge in [0.15, 0.2) is 11.5 Å². The molecule has 0 aliphatic carbocycles. The third kappa shape index (κ3) is 2.40. The van der Waals surface area contributed by atoms with Crippen LogP contribution >= 0.6 is 11.6 Å². The molecule has 1 aromatic heterocycles. The molecule has 0 amide bonds. The molecule has 0 saturated carbocycles. The number of benzene rings is 2. The number of pyridine rings is 1. The third-order valence-corrected chi connectivity index (χ3v) is 4.61. The first-order chi connectivity index (χ1) is 11.1. The van der Waals surface area contributed by atoms with Crippen molar-refractivity contribution < 1.29 is 10.2 Å². The number of hydrogen-bond acceptors (Lipinski definition) is 4. The summed E-state index contributed by atoms with van der Waals surface area (Å²) in [7, 11) is 0. The fraction of sp³-hybridized carbons (Fsp3) is 0.167. The number of para-hydroxylation sites is 1. The second-order valence-corrected chi connectivity index (χ2v) is 6.10. The van der Waals surface area contributed by atoms with E-state index in [0.29, 0.717) is 5.15 Å². The van der Waals surface area contributed by atoms with Crippen molar-refractivity contribution in [1.29, 1.82) is 0 Å². The van der Waals surface area contributed by atoms with Crippen LogP contribution in [-0.2, 0) is 6.42 Å². The van der Waals surface area contributed by atoms with Crippen molar-refractivity contribution in [2.45, 2.75) is 12.5 Å². The first kappa shape index (κ1) is 14.3. The maximum Gasteiger partial charge on any atom is 0.157 e. The van der Waals surface area contributed by atoms with Crippen molar-refractivity contribution in [3.8, 4) is 11.5 Å². The molecule has 0 saturated heterocycles. The van der Waals surface area contributed by atoms with Crippen LogP contribution in [0.4, 0.5) is 0 Å². The zero-order valence-electron chi connectivity index (χ0n) is 12.3. The van der Waals surface area contributed by atoms with E-state index in [-0.39, 0.29) is 17.5 Å². The Bertz CT molecular complexity index is 911. The number of phenols is 2. The molecule has 0 fully saturated rings. The van der Waals surface area contributed by atoms with Crippen LogP contribution in [0.5, 0.6) is 11.5 Å². The van der Waals surface area contributed by atoms with Crippen LogP contribution in [0.2, 0.25) is 5.15 Å². The number of hydrogen-bond donors (Lipinski definition) is 3. The Labute approximate surface area is 138 Å². The molecular formula is C18H15ClN2O2. The molecule has 2 heterocycles. The summed E-state index contributed by atoms with van der Waals surface area (Å²) >= 11 is 6.41. The van der Waals surface area contributed by atoms with E-state index in [4.69, 9.17) is 11.6 Å². The quantitative estimate of drug-likeness (QED) is 0.473. The second kappa shape index (κ2) is 5.41. The predicted molar refractivity (Wildman–Crippen MR) is 90.1 cm³/mol. The maximum atomic E-state index is 9.85. The molecule has 5 heteroatoms. The Morgan fingerprint density at radius 3 is 2.70 bits per heavy atom. The van der Waals surface area contributed by atoms with Gasteiger partial charge in [0.1, 0.15) is 5.15 Å². The molecule has 1 aliphatic heterocycles. The van der Waals surface area contributed by atoms with Crippen LogP contribution in [0.3, 0.4) is 0 Å². The molecule has 116 valence electrons. The summed E-state index contributed by atoms with van der Waals surface area (Å²) in [6.45, 7) is 0.769. The summed E-state index contributed by atoms with van der Waals surface area (Å²) in [5, 5.41) is 24.5. The minimum absolute atomic E-state index is 0.0906. The third-order valence-electron chi connectivity index (χ3n) is 4.31. The first-order valence-corrected chi connectivity index (χ1v) is 7.84. The summed E-state index contributed by atoms with van der Waals surface area (Å²) in [6, 6.07) is 12.9. The number of aromatic nitrogens is 1. The molecular weight excluding hydrogens is 312 g/mol. The van der Waals surface area contributed by atoms with Gasteiger partial charge in [0, 0.05) is 17.5 Å². The van der Waals surface area contributed by atoms with Crippen LogP contribution in [0.1, 0.15) is 22.7 Å². The molecule has 0 bridgehead atoms. The van der Waals surface area contributed by atoms with Crippen molar-refractivity contribution >= 4 is 22.5 Å². The number of halogens is 1. The molecule has 4 rings (SSSR count). The smallest absolute Gasteiger partial charge is 0.157 e. The summed E-state index contributed by atoms with van der Waals surface area (Å²) in [6.07, 6.45) is 0.790. The zero-order valence-corrected chi connectivity index (χ0v) is 13.0. The van der Waals surface area contributed by atoms with Crippen molar-refractivity contribution in [2.24, 2.45) is 0 Å². The second-order valence-electron chi connectivity index (χ2n) is 5.74. The van der Waals surface area contributed by atoms with Crippen LogP contribution in [0.15, 0.2) is 42.5 Å². The van der Waals surface area contributed by atoms with E-state index in [2.05, 4.69) is 10.3 Å². The zero-order chi connectivity index (χ0) is 16.0. The van der Waals surface area contributed by atoms with Gasteiger partial charge in [-0.15, -0.1) is 0 Å². The maximum absolute atomic E-state index is 9.85. The van der Waals surface area contributed by atoms with E-state index in [0.717, 1.165) is 40.6 Å². The lowest BCUT2D eigenvalue weighted by Crippen LogP contribution is -2.30.